The topological polar surface area (TPSA) is 103 Å². The molecule has 0 aliphatic rings. The maximum Gasteiger partial charge on any atom is 0.335 e. The average molecular weight is 506 g/mol. The highest BCUT2D eigenvalue weighted by Gasteiger charge is 2.18. The van der Waals surface area contributed by atoms with E-state index in [-0.39, 0.29) is 17.2 Å². The lowest BCUT2D eigenvalue weighted by Crippen LogP contribution is -2.14. The fourth-order valence-electron chi connectivity index (χ4n) is 3.20. The summed E-state index contributed by atoms with van der Waals surface area (Å²) in [5, 5.41) is 24.7. The zero-order valence-corrected chi connectivity index (χ0v) is 19.9. The number of thiophene rings is 1. The van der Waals surface area contributed by atoms with Crippen LogP contribution in [0.25, 0.3) is 21.7 Å². The van der Waals surface area contributed by atoms with E-state index in [1.807, 2.05) is 35.7 Å². The molecule has 0 unspecified atom stereocenters. The maximum atomic E-state index is 12.6. The van der Waals surface area contributed by atoms with Crippen LogP contribution in [0.15, 0.2) is 77.1 Å². The highest BCUT2D eigenvalue weighted by molar-refractivity contribution is 8.00. The number of benzene rings is 2. The summed E-state index contributed by atoms with van der Waals surface area (Å²) in [7, 11) is 0. The number of carbonyl (C=O) groups is 2. The number of amides is 1. The Morgan fingerprint density at radius 3 is 2.59 bits per heavy atom. The number of hydrogen-bond acceptors (Lipinski definition) is 6. The Kier molecular flexibility index (Phi) is 7.28. The molecule has 1 amide bonds. The number of rotatable bonds is 7. The van der Waals surface area contributed by atoms with Gasteiger partial charge in [-0.15, -0.1) is 11.3 Å². The van der Waals surface area contributed by atoms with Crippen molar-refractivity contribution in [1.82, 2.24) is 4.98 Å². The average Bonchev–Trinajstić information content (AvgIpc) is 3.38. The molecule has 2 aromatic carbocycles. The van der Waals surface area contributed by atoms with Gasteiger partial charge >= 0.3 is 5.97 Å². The summed E-state index contributed by atoms with van der Waals surface area (Å²) in [5.41, 5.74) is 3.06. The van der Waals surface area contributed by atoms with Crippen molar-refractivity contribution in [3.05, 3.63) is 88.3 Å². The molecule has 0 saturated carbocycles. The van der Waals surface area contributed by atoms with Gasteiger partial charge in [0.1, 0.15) is 11.1 Å². The molecule has 2 N–H and O–H groups in total. The number of carboxylic acids is 1. The Balaban J connectivity index is 1.63. The Labute approximate surface area is 208 Å². The summed E-state index contributed by atoms with van der Waals surface area (Å²) in [6, 6.07) is 21.2. The number of anilines is 1. The van der Waals surface area contributed by atoms with Gasteiger partial charge in [0.2, 0.25) is 5.91 Å². The van der Waals surface area contributed by atoms with Gasteiger partial charge in [0.25, 0.3) is 0 Å². The van der Waals surface area contributed by atoms with E-state index in [0.717, 1.165) is 22.2 Å². The van der Waals surface area contributed by atoms with E-state index in [0.29, 0.717) is 32.6 Å². The Morgan fingerprint density at radius 2 is 1.91 bits per heavy atom. The van der Waals surface area contributed by atoms with Crippen molar-refractivity contribution in [2.75, 3.05) is 11.1 Å². The van der Waals surface area contributed by atoms with Crippen LogP contribution in [0.4, 0.5) is 5.69 Å². The second kappa shape index (κ2) is 10.5. The van der Waals surface area contributed by atoms with Crippen LogP contribution in [0.5, 0.6) is 0 Å². The number of aromatic nitrogens is 1. The van der Waals surface area contributed by atoms with Crippen molar-refractivity contribution >= 4 is 52.3 Å². The van der Waals surface area contributed by atoms with Gasteiger partial charge in [0.05, 0.1) is 27.5 Å². The fourth-order valence-corrected chi connectivity index (χ4v) is 4.82. The van der Waals surface area contributed by atoms with Crippen LogP contribution < -0.4 is 5.32 Å². The molecule has 0 spiro atoms. The second-order valence-corrected chi connectivity index (χ2v) is 9.40. The zero-order valence-electron chi connectivity index (χ0n) is 17.5. The van der Waals surface area contributed by atoms with E-state index in [4.69, 9.17) is 16.7 Å². The number of nitriles is 1. The van der Waals surface area contributed by atoms with Crippen LogP contribution in [0.1, 0.15) is 15.9 Å². The van der Waals surface area contributed by atoms with E-state index in [2.05, 4.69) is 16.4 Å². The first kappa shape index (κ1) is 23.5. The van der Waals surface area contributed by atoms with E-state index < -0.39 is 5.97 Å². The minimum Gasteiger partial charge on any atom is -0.478 e. The highest BCUT2D eigenvalue weighted by Crippen LogP contribution is 2.35. The second-order valence-electron chi connectivity index (χ2n) is 7.05. The number of carboxylic acid groups (broad SMARTS) is 1. The van der Waals surface area contributed by atoms with E-state index in [1.54, 1.807) is 24.3 Å². The summed E-state index contributed by atoms with van der Waals surface area (Å²) < 4.78 is 0. The molecule has 6 nitrogen and oxygen atoms in total. The van der Waals surface area contributed by atoms with Crippen molar-refractivity contribution < 1.29 is 14.7 Å². The molecule has 0 saturated heterocycles. The monoisotopic (exact) mass is 505 g/mol. The molecule has 2 heterocycles. The summed E-state index contributed by atoms with van der Waals surface area (Å²) in [4.78, 5) is 29.3. The van der Waals surface area contributed by atoms with Crippen molar-refractivity contribution in [1.29, 1.82) is 5.26 Å². The van der Waals surface area contributed by atoms with Crippen molar-refractivity contribution in [3.8, 4) is 27.8 Å². The number of hydrogen-bond donors (Lipinski definition) is 2. The van der Waals surface area contributed by atoms with Crippen LogP contribution in [-0.2, 0) is 4.79 Å². The quantitative estimate of drug-likeness (QED) is 0.280. The third kappa shape index (κ3) is 5.46. The third-order valence-electron chi connectivity index (χ3n) is 4.76. The normalized spacial score (nSPS) is 10.5. The number of nitrogens with zero attached hydrogens (tertiary/aromatic N) is 2. The first-order valence-electron chi connectivity index (χ1n) is 9.95. The molecule has 34 heavy (non-hydrogen) atoms. The summed E-state index contributed by atoms with van der Waals surface area (Å²) in [5.74, 6) is -1.42. The van der Waals surface area contributed by atoms with Gasteiger partial charge in [-0.2, -0.15) is 5.26 Å². The van der Waals surface area contributed by atoms with Crippen molar-refractivity contribution in [2.45, 2.75) is 5.03 Å². The molecular formula is C25H16ClN3O3S2. The van der Waals surface area contributed by atoms with Crippen LogP contribution in [0, 0.1) is 11.3 Å². The molecule has 2 aromatic heterocycles. The first-order chi connectivity index (χ1) is 16.4. The van der Waals surface area contributed by atoms with Gasteiger partial charge in [-0.3, -0.25) is 4.79 Å². The van der Waals surface area contributed by atoms with Gasteiger partial charge in [-0.05, 0) is 53.4 Å². The van der Waals surface area contributed by atoms with Crippen LogP contribution in [-0.4, -0.2) is 27.7 Å². The van der Waals surface area contributed by atoms with Gasteiger partial charge in [0, 0.05) is 16.3 Å². The van der Waals surface area contributed by atoms with Crippen LogP contribution >= 0.6 is 34.7 Å². The molecular weight excluding hydrogens is 490 g/mol. The zero-order chi connectivity index (χ0) is 24.1. The summed E-state index contributed by atoms with van der Waals surface area (Å²) >= 11 is 8.72. The predicted octanol–water partition coefficient (Wildman–Crippen LogP) is 6.43. The SMILES string of the molecule is N#Cc1c(-c2ccc(Cl)cc2)cc(-c2cccs2)nc1SCC(=O)Nc1cccc(C(=O)O)c1. The fraction of sp³-hybridized carbons (Fsp3) is 0.0400. The van der Waals surface area contributed by atoms with Gasteiger partial charge < -0.3 is 10.4 Å². The lowest BCUT2D eigenvalue weighted by Gasteiger charge is -2.12. The summed E-state index contributed by atoms with van der Waals surface area (Å²) in [6.45, 7) is 0. The maximum absolute atomic E-state index is 12.6. The van der Waals surface area contributed by atoms with Gasteiger partial charge in [-0.1, -0.05) is 47.6 Å². The molecule has 4 aromatic rings. The molecule has 0 bridgehead atoms. The number of nitrogens with one attached hydrogen (secondary N) is 1. The Bertz CT molecular complexity index is 1400. The standard InChI is InChI=1S/C25H16ClN3O3S2/c26-17-8-6-15(7-9-17)19-12-21(22-5-2-10-33-22)29-24(20(19)13-27)34-14-23(30)28-18-4-1-3-16(11-18)25(31)32/h1-12H,14H2,(H,28,30)(H,31,32). The molecule has 0 aliphatic carbocycles. The van der Waals surface area contributed by atoms with Gasteiger partial charge in [-0.25, -0.2) is 9.78 Å². The lowest BCUT2D eigenvalue weighted by molar-refractivity contribution is -0.113. The Morgan fingerprint density at radius 1 is 1.12 bits per heavy atom. The largest absolute Gasteiger partial charge is 0.478 e. The number of aromatic carboxylic acids is 1. The Hall–Kier alpha value is -3.64. The summed E-state index contributed by atoms with van der Waals surface area (Å²) in [6.07, 6.45) is 0. The van der Waals surface area contributed by atoms with Crippen molar-refractivity contribution in [3.63, 3.8) is 0 Å². The molecule has 0 radical (unpaired) electrons. The smallest absolute Gasteiger partial charge is 0.335 e. The van der Waals surface area contributed by atoms with Crippen molar-refractivity contribution in [2.24, 2.45) is 0 Å². The minimum absolute atomic E-state index is 0.00701. The first-order valence-corrected chi connectivity index (χ1v) is 12.2. The van der Waals surface area contributed by atoms with E-state index >= 15 is 0 Å². The molecule has 168 valence electrons. The van der Waals surface area contributed by atoms with Gasteiger partial charge in [0.15, 0.2) is 0 Å². The molecule has 0 atom stereocenters. The third-order valence-corrected chi connectivity index (χ3v) is 6.88. The number of pyridine rings is 1. The molecule has 4 rings (SSSR count). The number of carbonyl (C=O) groups excluding carboxylic acids is 1. The minimum atomic E-state index is -1.08. The molecule has 0 fully saturated rings. The molecule has 9 heteroatoms. The van der Waals surface area contributed by atoms with E-state index in [9.17, 15) is 14.9 Å². The number of halogens is 1. The predicted molar refractivity (Wildman–Crippen MR) is 135 cm³/mol. The van der Waals surface area contributed by atoms with E-state index in [1.165, 1.54) is 23.5 Å². The molecule has 0 aliphatic heterocycles. The number of thioether (sulfide) groups is 1. The van der Waals surface area contributed by atoms with Crippen LogP contribution in [0.3, 0.4) is 0 Å². The highest BCUT2D eigenvalue weighted by atomic mass is 35.5. The lowest BCUT2D eigenvalue weighted by atomic mass is 10.0. The van der Waals surface area contributed by atoms with Crippen LogP contribution in [0.2, 0.25) is 5.02 Å².